The lowest BCUT2D eigenvalue weighted by Crippen LogP contribution is -2.41. The SMILES string of the molecule is COc1nccc(OC2CCN(S(=O)(=O)c3ccc(C#N)cc3)CC2)n1. The Balaban J connectivity index is 1.62. The molecule has 2 heterocycles. The first-order valence-corrected chi connectivity index (χ1v) is 9.51. The van der Waals surface area contributed by atoms with Crippen LogP contribution in [0.15, 0.2) is 41.4 Å². The van der Waals surface area contributed by atoms with Crippen molar-refractivity contribution in [3.8, 4) is 18.0 Å². The molecule has 1 aromatic carbocycles. The van der Waals surface area contributed by atoms with Gasteiger partial charge >= 0.3 is 6.01 Å². The van der Waals surface area contributed by atoms with Crippen LogP contribution in [0.2, 0.25) is 0 Å². The third-order valence-electron chi connectivity index (χ3n) is 4.10. The van der Waals surface area contributed by atoms with Crippen LogP contribution in [0.1, 0.15) is 18.4 Å². The Kier molecular flexibility index (Phi) is 5.35. The molecule has 8 nitrogen and oxygen atoms in total. The minimum Gasteiger partial charge on any atom is -0.474 e. The number of aromatic nitrogens is 2. The van der Waals surface area contributed by atoms with Gasteiger partial charge in [0.1, 0.15) is 6.10 Å². The van der Waals surface area contributed by atoms with Crippen molar-refractivity contribution in [2.24, 2.45) is 0 Å². The molecule has 136 valence electrons. The molecule has 0 aliphatic carbocycles. The first-order chi connectivity index (χ1) is 12.5. The predicted octanol–water partition coefficient (Wildman–Crippen LogP) is 1.59. The maximum absolute atomic E-state index is 12.7. The van der Waals surface area contributed by atoms with E-state index in [0.717, 1.165) is 0 Å². The van der Waals surface area contributed by atoms with Gasteiger partial charge < -0.3 is 9.47 Å². The fourth-order valence-corrected chi connectivity index (χ4v) is 4.17. The Hall–Kier alpha value is -2.70. The Bertz CT molecular complexity index is 901. The van der Waals surface area contributed by atoms with Gasteiger partial charge in [-0.3, -0.25) is 0 Å². The third-order valence-corrected chi connectivity index (χ3v) is 6.01. The monoisotopic (exact) mass is 374 g/mol. The molecule has 0 spiro atoms. The van der Waals surface area contributed by atoms with Crippen LogP contribution in [-0.4, -0.2) is 49.0 Å². The molecule has 1 aliphatic rings. The van der Waals surface area contributed by atoms with E-state index in [2.05, 4.69) is 9.97 Å². The minimum atomic E-state index is -3.57. The van der Waals surface area contributed by atoms with E-state index in [0.29, 0.717) is 37.4 Å². The summed E-state index contributed by atoms with van der Waals surface area (Å²) in [6.45, 7) is 0.713. The molecule has 1 saturated heterocycles. The second-order valence-corrected chi connectivity index (χ2v) is 7.68. The summed E-state index contributed by atoms with van der Waals surface area (Å²) >= 11 is 0. The van der Waals surface area contributed by atoms with Gasteiger partial charge in [0, 0.05) is 25.4 Å². The van der Waals surface area contributed by atoms with Gasteiger partial charge in [0.2, 0.25) is 15.9 Å². The highest BCUT2D eigenvalue weighted by Crippen LogP contribution is 2.23. The quantitative estimate of drug-likeness (QED) is 0.782. The molecule has 1 aliphatic heterocycles. The van der Waals surface area contributed by atoms with E-state index in [9.17, 15) is 8.42 Å². The van der Waals surface area contributed by atoms with E-state index in [1.807, 2.05) is 6.07 Å². The van der Waals surface area contributed by atoms with Gasteiger partial charge in [0.05, 0.1) is 23.6 Å². The molecule has 3 rings (SSSR count). The van der Waals surface area contributed by atoms with Crippen molar-refractivity contribution in [1.82, 2.24) is 14.3 Å². The lowest BCUT2D eigenvalue weighted by molar-refractivity contribution is 0.128. The highest BCUT2D eigenvalue weighted by Gasteiger charge is 2.30. The van der Waals surface area contributed by atoms with Gasteiger partial charge in [-0.25, -0.2) is 13.4 Å². The van der Waals surface area contributed by atoms with Crippen LogP contribution < -0.4 is 9.47 Å². The zero-order chi connectivity index (χ0) is 18.6. The van der Waals surface area contributed by atoms with Gasteiger partial charge in [-0.05, 0) is 37.1 Å². The average molecular weight is 374 g/mol. The number of ether oxygens (including phenoxy) is 2. The standard InChI is InChI=1S/C17H18N4O4S/c1-24-17-19-9-6-16(20-17)25-14-7-10-21(11-8-14)26(22,23)15-4-2-13(12-18)3-5-15/h2-6,9,14H,7-8,10-11H2,1H3. The van der Waals surface area contributed by atoms with Crippen LogP contribution >= 0.6 is 0 Å². The maximum Gasteiger partial charge on any atom is 0.319 e. The molecule has 26 heavy (non-hydrogen) atoms. The second-order valence-electron chi connectivity index (χ2n) is 5.74. The van der Waals surface area contributed by atoms with Gasteiger partial charge in [0.25, 0.3) is 0 Å². The highest BCUT2D eigenvalue weighted by molar-refractivity contribution is 7.89. The average Bonchev–Trinajstić information content (AvgIpc) is 2.68. The molecule has 0 amide bonds. The first kappa shape index (κ1) is 18.1. The molecular formula is C17H18N4O4S. The number of piperidine rings is 1. The first-order valence-electron chi connectivity index (χ1n) is 8.07. The van der Waals surface area contributed by atoms with Gasteiger partial charge in [0.15, 0.2) is 0 Å². The molecule has 0 bridgehead atoms. The fraction of sp³-hybridized carbons (Fsp3) is 0.353. The molecular weight excluding hydrogens is 356 g/mol. The van der Waals surface area contributed by atoms with E-state index >= 15 is 0 Å². The second kappa shape index (κ2) is 7.68. The Morgan fingerprint density at radius 2 is 1.88 bits per heavy atom. The summed E-state index contributed by atoms with van der Waals surface area (Å²) < 4.78 is 37.6. The van der Waals surface area contributed by atoms with Crippen molar-refractivity contribution in [2.45, 2.75) is 23.8 Å². The van der Waals surface area contributed by atoms with Crippen LogP contribution in [0.5, 0.6) is 11.9 Å². The number of nitriles is 1. The topological polar surface area (TPSA) is 105 Å². The van der Waals surface area contributed by atoms with Crippen LogP contribution in [0, 0.1) is 11.3 Å². The van der Waals surface area contributed by atoms with Crippen molar-refractivity contribution in [3.63, 3.8) is 0 Å². The zero-order valence-electron chi connectivity index (χ0n) is 14.2. The lowest BCUT2D eigenvalue weighted by atomic mass is 10.1. The zero-order valence-corrected chi connectivity index (χ0v) is 15.0. The lowest BCUT2D eigenvalue weighted by Gasteiger charge is -2.31. The van der Waals surface area contributed by atoms with Gasteiger partial charge in [-0.15, -0.1) is 0 Å². The molecule has 0 atom stereocenters. The van der Waals surface area contributed by atoms with E-state index in [1.165, 1.54) is 35.7 Å². The van der Waals surface area contributed by atoms with Crippen molar-refractivity contribution < 1.29 is 17.9 Å². The summed E-state index contributed by atoms with van der Waals surface area (Å²) in [5, 5.41) is 8.82. The summed E-state index contributed by atoms with van der Waals surface area (Å²) in [6.07, 6.45) is 2.54. The number of hydrogen-bond acceptors (Lipinski definition) is 7. The molecule has 0 N–H and O–H groups in total. The molecule has 9 heteroatoms. The Labute approximate surface area is 152 Å². The molecule has 0 unspecified atom stereocenters. The van der Waals surface area contributed by atoms with Crippen molar-refractivity contribution in [3.05, 3.63) is 42.1 Å². The third kappa shape index (κ3) is 3.92. The van der Waals surface area contributed by atoms with Crippen molar-refractivity contribution >= 4 is 10.0 Å². The number of rotatable bonds is 5. The summed E-state index contributed by atoms with van der Waals surface area (Å²) in [5.41, 5.74) is 0.427. The van der Waals surface area contributed by atoms with Crippen LogP contribution in [0.3, 0.4) is 0 Å². The van der Waals surface area contributed by atoms with Crippen molar-refractivity contribution in [2.75, 3.05) is 20.2 Å². The van der Waals surface area contributed by atoms with Crippen molar-refractivity contribution in [1.29, 1.82) is 5.26 Å². The number of hydrogen-bond donors (Lipinski definition) is 0. The number of methoxy groups -OCH3 is 1. The number of nitrogens with zero attached hydrogens (tertiary/aromatic N) is 4. The highest BCUT2D eigenvalue weighted by atomic mass is 32.2. The molecule has 1 aromatic heterocycles. The maximum atomic E-state index is 12.7. The predicted molar refractivity (Wildman–Crippen MR) is 92.1 cm³/mol. The summed E-state index contributed by atoms with van der Waals surface area (Å²) in [7, 11) is -2.09. The fourth-order valence-electron chi connectivity index (χ4n) is 2.70. The molecule has 1 fully saturated rings. The smallest absolute Gasteiger partial charge is 0.319 e. The molecule has 0 saturated carbocycles. The van der Waals surface area contributed by atoms with Gasteiger partial charge in [-0.2, -0.15) is 14.6 Å². The molecule has 2 aromatic rings. The minimum absolute atomic E-state index is 0.123. The Morgan fingerprint density at radius 3 is 2.50 bits per heavy atom. The van der Waals surface area contributed by atoms with E-state index in [4.69, 9.17) is 14.7 Å². The van der Waals surface area contributed by atoms with E-state index in [-0.39, 0.29) is 17.0 Å². The van der Waals surface area contributed by atoms with E-state index < -0.39 is 10.0 Å². The summed E-state index contributed by atoms with van der Waals surface area (Å²) in [6, 6.07) is 9.78. The number of sulfonamides is 1. The van der Waals surface area contributed by atoms with Crippen LogP contribution in [0.4, 0.5) is 0 Å². The molecule has 0 radical (unpaired) electrons. The van der Waals surface area contributed by atoms with E-state index in [1.54, 1.807) is 12.3 Å². The van der Waals surface area contributed by atoms with Crippen LogP contribution in [-0.2, 0) is 10.0 Å². The normalized spacial score (nSPS) is 16.0. The summed E-state index contributed by atoms with van der Waals surface area (Å²) in [4.78, 5) is 8.21. The summed E-state index contributed by atoms with van der Waals surface area (Å²) in [5.74, 6) is 0.408. The Morgan fingerprint density at radius 1 is 1.19 bits per heavy atom. The largest absolute Gasteiger partial charge is 0.474 e. The van der Waals surface area contributed by atoms with Crippen LogP contribution in [0.25, 0.3) is 0 Å². The number of benzene rings is 1. The van der Waals surface area contributed by atoms with Gasteiger partial charge in [-0.1, -0.05) is 0 Å².